The van der Waals surface area contributed by atoms with E-state index < -0.39 is 18.4 Å². The van der Waals surface area contributed by atoms with Crippen LogP contribution in [0.25, 0.3) is 5.57 Å². The summed E-state index contributed by atoms with van der Waals surface area (Å²) in [4.78, 5) is 13.1. The van der Waals surface area contributed by atoms with Crippen LogP contribution < -0.4 is 9.47 Å². The average molecular weight is 456 g/mol. The third-order valence-electron chi connectivity index (χ3n) is 5.82. The molecular weight excluding hydrogens is 432 g/mol. The van der Waals surface area contributed by atoms with Crippen LogP contribution in [0.3, 0.4) is 0 Å². The van der Waals surface area contributed by atoms with E-state index in [9.17, 15) is 4.79 Å². The smallest absolute Gasteiger partial charge is 0.338 e. The maximum atomic E-state index is 13.1. The van der Waals surface area contributed by atoms with Crippen LogP contribution in [0, 0.1) is 0 Å². The number of carbonyl (C=O) groups is 1. The van der Waals surface area contributed by atoms with E-state index in [1.165, 1.54) is 13.4 Å². The van der Waals surface area contributed by atoms with Gasteiger partial charge in [0.15, 0.2) is 11.9 Å². The Hall–Kier alpha value is -4.19. The number of benzene rings is 3. The zero-order valence-electron chi connectivity index (χ0n) is 18.9. The summed E-state index contributed by atoms with van der Waals surface area (Å²) < 4.78 is 28.7. The van der Waals surface area contributed by atoms with Crippen molar-refractivity contribution in [2.75, 3.05) is 14.2 Å². The maximum Gasteiger partial charge on any atom is 0.338 e. The first-order valence-corrected chi connectivity index (χ1v) is 11.0. The van der Waals surface area contributed by atoms with Crippen LogP contribution >= 0.6 is 0 Å². The lowest BCUT2D eigenvalue weighted by molar-refractivity contribution is -0.137. The lowest BCUT2D eigenvalue weighted by atomic mass is 9.87. The van der Waals surface area contributed by atoms with Gasteiger partial charge in [-0.25, -0.2) is 4.79 Å². The number of rotatable bonds is 6. The van der Waals surface area contributed by atoms with Crippen molar-refractivity contribution in [3.63, 3.8) is 0 Å². The minimum Gasteiger partial charge on any atom is -0.497 e. The Labute approximate surface area is 198 Å². The molecule has 2 aliphatic heterocycles. The molecule has 2 atom stereocenters. The van der Waals surface area contributed by atoms with E-state index >= 15 is 0 Å². The standard InChI is InChI=1S/C28H24O6/c1-30-20-14-12-19(13-15-20)25-21-10-6-7-11-22(21)34-27(26(25)28(29)31-2)23-17-32-24(33-23)16-18-8-4-3-5-9-18/h3-15,17,24,27H,16H2,1-2H3. The van der Waals surface area contributed by atoms with Gasteiger partial charge in [0.2, 0.25) is 6.29 Å². The molecule has 2 heterocycles. The predicted molar refractivity (Wildman–Crippen MR) is 126 cm³/mol. The van der Waals surface area contributed by atoms with Gasteiger partial charge in [-0.15, -0.1) is 0 Å². The highest BCUT2D eigenvalue weighted by Gasteiger charge is 2.40. The molecule has 34 heavy (non-hydrogen) atoms. The van der Waals surface area contributed by atoms with E-state index in [-0.39, 0.29) is 0 Å². The summed E-state index contributed by atoms with van der Waals surface area (Å²) in [6.07, 6.45) is 0.759. The summed E-state index contributed by atoms with van der Waals surface area (Å²) in [5.41, 5.74) is 3.78. The van der Waals surface area contributed by atoms with Crippen molar-refractivity contribution in [3.05, 3.63) is 113 Å². The lowest BCUT2D eigenvalue weighted by Gasteiger charge is -2.30. The SMILES string of the molecule is COC(=O)C1=C(c2ccc(OC)cc2)c2ccccc2OC1C1=COC(Cc2ccccc2)O1. The van der Waals surface area contributed by atoms with E-state index in [2.05, 4.69) is 0 Å². The Morgan fingerprint density at radius 2 is 1.62 bits per heavy atom. The van der Waals surface area contributed by atoms with E-state index in [0.29, 0.717) is 23.5 Å². The highest BCUT2D eigenvalue weighted by molar-refractivity contribution is 6.05. The van der Waals surface area contributed by atoms with Crippen molar-refractivity contribution in [3.8, 4) is 11.5 Å². The monoisotopic (exact) mass is 456 g/mol. The van der Waals surface area contributed by atoms with Crippen LogP contribution in [0.15, 0.2) is 96.5 Å². The summed E-state index contributed by atoms with van der Waals surface area (Å²) in [5, 5.41) is 0. The van der Waals surface area contributed by atoms with Gasteiger partial charge >= 0.3 is 5.97 Å². The normalized spacial score (nSPS) is 18.7. The van der Waals surface area contributed by atoms with Gasteiger partial charge in [-0.1, -0.05) is 60.7 Å². The van der Waals surface area contributed by atoms with Crippen molar-refractivity contribution >= 4 is 11.5 Å². The minimum absolute atomic E-state index is 0.349. The third-order valence-corrected chi connectivity index (χ3v) is 5.82. The molecule has 6 nitrogen and oxygen atoms in total. The molecule has 6 heteroatoms. The number of fused-ring (bicyclic) bond motifs is 1. The third kappa shape index (κ3) is 4.10. The van der Waals surface area contributed by atoms with Gasteiger partial charge in [0.25, 0.3) is 0 Å². The second kappa shape index (κ2) is 9.35. The molecule has 0 amide bonds. The largest absolute Gasteiger partial charge is 0.497 e. The van der Waals surface area contributed by atoms with Gasteiger partial charge in [-0.05, 0) is 29.3 Å². The minimum atomic E-state index is -0.819. The van der Waals surface area contributed by atoms with Crippen molar-refractivity contribution in [1.82, 2.24) is 0 Å². The van der Waals surface area contributed by atoms with Crippen LogP contribution in [-0.2, 0) is 25.4 Å². The Bertz CT molecular complexity index is 1240. The number of hydrogen-bond acceptors (Lipinski definition) is 6. The molecule has 0 saturated carbocycles. The molecule has 0 fully saturated rings. The molecule has 2 aliphatic rings. The molecule has 0 spiro atoms. The fourth-order valence-electron chi connectivity index (χ4n) is 4.20. The highest BCUT2D eigenvalue weighted by atomic mass is 16.7. The molecule has 0 aliphatic carbocycles. The first-order valence-electron chi connectivity index (χ1n) is 11.0. The quantitative estimate of drug-likeness (QED) is 0.493. The molecule has 3 aromatic carbocycles. The van der Waals surface area contributed by atoms with Gasteiger partial charge < -0.3 is 23.7 Å². The van der Waals surface area contributed by atoms with Crippen LogP contribution in [0.4, 0.5) is 0 Å². The maximum absolute atomic E-state index is 13.1. The van der Waals surface area contributed by atoms with E-state index in [0.717, 1.165) is 28.0 Å². The predicted octanol–water partition coefficient (Wildman–Crippen LogP) is 4.89. The van der Waals surface area contributed by atoms with Crippen molar-refractivity contribution in [1.29, 1.82) is 0 Å². The fraction of sp³-hybridized carbons (Fsp3) is 0.179. The van der Waals surface area contributed by atoms with Crippen LogP contribution in [0.1, 0.15) is 16.7 Å². The summed E-state index contributed by atoms with van der Waals surface area (Å²) in [5.74, 6) is 1.28. The number of esters is 1. The van der Waals surface area contributed by atoms with E-state index in [1.54, 1.807) is 7.11 Å². The first kappa shape index (κ1) is 21.6. The Kier molecular flexibility index (Phi) is 5.95. The zero-order chi connectivity index (χ0) is 23.5. The van der Waals surface area contributed by atoms with E-state index in [4.69, 9.17) is 23.7 Å². The molecular formula is C28H24O6. The van der Waals surface area contributed by atoms with Gasteiger partial charge in [-0.3, -0.25) is 0 Å². The van der Waals surface area contributed by atoms with Gasteiger partial charge in [0, 0.05) is 17.6 Å². The average Bonchev–Trinajstić information content (AvgIpc) is 3.36. The molecule has 5 rings (SSSR count). The second-order valence-electron chi connectivity index (χ2n) is 7.90. The molecule has 0 bridgehead atoms. The molecule has 2 unspecified atom stereocenters. The summed E-state index contributed by atoms with van der Waals surface area (Å²) in [6.45, 7) is 0. The Balaban J connectivity index is 1.55. The number of ether oxygens (including phenoxy) is 5. The summed E-state index contributed by atoms with van der Waals surface area (Å²) >= 11 is 0. The zero-order valence-corrected chi connectivity index (χ0v) is 18.9. The molecule has 0 saturated heterocycles. The molecule has 0 N–H and O–H groups in total. The Morgan fingerprint density at radius 3 is 2.35 bits per heavy atom. The van der Waals surface area contributed by atoms with E-state index in [1.807, 2.05) is 78.9 Å². The highest BCUT2D eigenvalue weighted by Crippen LogP contribution is 2.43. The topological polar surface area (TPSA) is 63.2 Å². The fourth-order valence-corrected chi connectivity index (χ4v) is 4.20. The van der Waals surface area contributed by atoms with Gasteiger partial charge in [0.05, 0.1) is 19.8 Å². The van der Waals surface area contributed by atoms with Crippen molar-refractivity contribution in [2.45, 2.75) is 18.8 Å². The molecule has 172 valence electrons. The number of carbonyl (C=O) groups excluding carboxylic acids is 1. The number of hydrogen-bond donors (Lipinski definition) is 0. The van der Waals surface area contributed by atoms with Crippen LogP contribution in [-0.4, -0.2) is 32.6 Å². The van der Waals surface area contributed by atoms with Gasteiger partial charge in [0.1, 0.15) is 17.8 Å². The van der Waals surface area contributed by atoms with Crippen LogP contribution in [0.2, 0.25) is 0 Å². The second-order valence-corrected chi connectivity index (χ2v) is 7.90. The molecule has 0 aromatic heterocycles. The van der Waals surface area contributed by atoms with Crippen LogP contribution in [0.5, 0.6) is 11.5 Å². The lowest BCUT2D eigenvalue weighted by Crippen LogP contribution is -2.33. The molecule has 0 radical (unpaired) electrons. The summed E-state index contributed by atoms with van der Waals surface area (Å²) in [6, 6.07) is 25.1. The first-order chi connectivity index (χ1) is 16.7. The van der Waals surface area contributed by atoms with Crippen molar-refractivity contribution < 1.29 is 28.5 Å². The van der Waals surface area contributed by atoms with Crippen molar-refractivity contribution in [2.24, 2.45) is 0 Å². The number of methoxy groups -OCH3 is 2. The summed E-state index contributed by atoms with van der Waals surface area (Å²) in [7, 11) is 2.97. The molecule has 3 aromatic rings. The van der Waals surface area contributed by atoms with Gasteiger partial charge in [-0.2, -0.15) is 0 Å². The Morgan fingerprint density at radius 1 is 0.882 bits per heavy atom. The number of para-hydroxylation sites is 1.